The van der Waals surface area contributed by atoms with Gasteiger partial charge in [-0.25, -0.2) is 0 Å². The van der Waals surface area contributed by atoms with Crippen LogP contribution in [0.3, 0.4) is 0 Å². The summed E-state index contributed by atoms with van der Waals surface area (Å²) < 4.78 is 5.04. The number of nitrogens with zero attached hydrogens (tertiary/aromatic N) is 1. The molecule has 0 radical (unpaired) electrons. The monoisotopic (exact) mass is 348 g/mol. The predicted octanol–water partition coefficient (Wildman–Crippen LogP) is 2.83. The molecule has 0 aliphatic heterocycles. The summed E-state index contributed by atoms with van der Waals surface area (Å²) in [7, 11) is 1.74. The lowest BCUT2D eigenvalue weighted by molar-refractivity contribution is 0.0697. The van der Waals surface area contributed by atoms with Crippen LogP contribution in [0.1, 0.15) is 39.5 Å². The van der Waals surface area contributed by atoms with Gasteiger partial charge in [-0.3, -0.25) is 9.59 Å². The van der Waals surface area contributed by atoms with Crippen molar-refractivity contribution in [2.75, 3.05) is 18.9 Å². The van der Waals surface area contributed by atoms with Gasteiger partial charge in [-0.15, -0.1) is 11.3 Å². The summed E-state index contributed by atoms with van der Waals surface area (Å²) in [4.78, 5) is 26.6. The Hall–Kier alpha value is -2.12. The van der Waals surface area contributed by atoms with Crippen LogP contribution in [0.5, 0.6) is 0 Å². The van der Waals surface area contributed by atoms with Crippen molar-refractivity contribution in [2.24, 2.45) is 5.92 Å². The molecule has 2 heterocycles. The summed E-state index contributed by atoms with van der Waals surface area (Å²) in [5.41, 5.74) is 0. The van der Waals surface area contributed by atoms with Crippen molar-refractivity contribution >= 4 is 28.2 Å². The average Bonchev–Trinajstić information content (AvgIpc) is 3.29. The summed E-state index contributed by atoms with van der Waals surface area (Å²) in [6.45, 7) is 0.548. The number of aliphatic hydroxyl groups is 1. The van der Waals surface area contributed by atoms with Crippen molar-refractivity contribution in [3.63, 3.8) is 0 Å². The molecule has 7 heteroatoms. The molecule has 0 spiro atoms. The molecule has 3 rings (SSSR count). The molecule has 1 fully saturated rings. The van der Waals surface area contributed by atoms with Gasteiger partial charge in [-0.2, -0.15) is 0 Å². The molecule has 1 aliphatic rings. The number of nitrogens with one attached hydrogen (secondary N) is 1. The Balaban J connectivity index is 1.59. The summed E-state index contributed by atoms with van der Waals surface area (Å²) in [6, 6.07) is 6.63. The third-order valence-corrected chi connectivity index (χ3v) is 5.26. The van der Waals surface area contributed by atoms with Crippen LogP contribution in [-0.4, -0.2) is 41.5 Å². The number of furan rings is 1. The number of thiophene rings is 1. The van der Waals surface area contributed by atoms with Gasteiger partial charge >= 0.3 is 0 Å². The van der Waals surface area contributed by atoms with E-state index in [0.29, 0.717) is 16.4 Å². The highest BCUT2D eigenvalue weighted by Crippen LogP contribution is 2.28. The van der Waals surface area contributed by atoms with Crippen molar-refractivity contribution in [1.29, 1.82) is 0 Å². The van der Waals surface area contributed by atoms with E-state index in [-0.39, 0.29) is 29.6 Å². The second-order valence-electron chi connectivity index (χ2n) is 6.04. The minimum atomic E-state index is -0.344. The molecule has 2 aromatic rings. The lowest BCUT2D eigenvalue weighted by Crippen LogP contribution is -2.34. The summed E-state index contributed by atoms with van der Waals surface area (Å²) in [5.74, 6) is -0.0680. The van der Waals surface area contributed by atoms with Crippen LogP contribution in [0.2, 0.25) is 0 Å². The van der Waals surface area contributed by atoms with Crippen LogP contribution in [0.15, 0.2) is 34.9 Å². The SMILES string of the molecule is CN(CC1CCCC1O)C(=O)c1ccc(NC(=O)c2ccco2)s1. The van der Waals surface area contributed by atoms with Gasteiger partial charge in [0.05, 0.1) is 22.2 Å². The molecule has 6 nitrogen and oxygen atoms in total. The molecule has 2 atom stereocenters. The molecular formula is C17H20N2O4S. The van der Waals surface area contributed by atoms with Gasteiger partial charge in [-0.1, -0.05) is 6.42 Å². The summed E-state index contributed by atoms with van der Waals surface area (Å²) in [5, 5.41) is 13.2. The fourth-order valence-electron chi connectivity index (χ4n) is 2.95. The van der Waals surface area contributed by atoms with E-state index in [1.54, 1.807) is 36.2 Å². The summed E-state index contributed by atoms with van der Waals surface area (Å²) >= 11 is 1.23. The van der Waals surface area contributed by atoms with Crippen LogP contribution in [0, 0.1) is 5.92 Å². The summed E-state index contributed by atoms with van der Waals surface area (Å²) in [6.07, 6.45) is 3.90. The van der Waals surface area contributed by atoms with Gasteiger partial charge in [-0.05, 0) is 37.1 Å². The molecule has 2 unspecified atom stereocenters. The van der Waals surface area contributed by atoms with Gasteiger partial charge in [0, 0.05) is 19.5 Å². The van der Waals surface area contributed by atoms with Crippen molar-refractivity contribution in [3.05, 3.63) is 41.2 Å². The molecule has 2 aromatic heterocycles. The van der Waals surface area contributed by atoms with Crippen molar-refractivity contribution in [1.82, 2.24) is 4.90 Å². The van der Waals surface area contributed by atoms with Gasteiger partial charge in [0.25, 0.3) is 11.8 Å². The second kappa shape index (κ2) is 7.19. The van der Waals surface area contributed by atoms with Gasteiger partial charge in [0.15, 0.2) is 5.76 Å². The molecule has 2 N–H and O–H groups in total. The first kappa shape index (κ1) is 16.7. The highest BCUT2D eigenvalue weighted by atomic mass is 32.1. The van der Waals surface area contributed by atoms with Crippen molar-refractivity contribution < 1.29 is 19.1 Å². The molecule has 24 heavy (non-hydrogen) atoms. The quantitative estimate of drug-likeness (QED) is 0.870. The van der Waals surface area contributed by atoms with Crippen LogP contribution in [0.4, 0.5) is 5.00 Å². The topological polar surface area (TPSA) is 82.8 Å². The maximum Gasteiger partial charge on any atom is 0.291 e. The van der Waals surface area contributed by atoms with Crippen LogP contribution in [0.25, 0.3) is 0 Å². The van der Waals surface area contributed by atoms with Crippen LogP contribution < -0.4 is 5.32 Å². The maximum absolute atomic E-state index is 12.5. The molecule has 0 aromatic carbocycles. The first-order valence-corrected chi connectivity index (χ1v) is 8.74. The fourth-order valence-corrected chi connectivity index (χ4v) is 3.85. The van der Waals surface area contributed by atoms with Crippen LogP contribution >= 0.6 is 11.3 Å². The van der Waals surface area contributed by atoms with E-state index in [1.807, 2.05) is 0 Å². The first-order chi connectivity index (χ1) is 11.5. The Morgan fingerprint density at radius 1 is 1.38 bits per heavy atom. The number of amides is 2. The van der Waals surface area contributed by atoms with Gasteiger partial charge in [0.2, 0.25) is 0 Å². The lowest BCUT2D eigenvalue weighted by atomic mass is 10.1. The number of carbonyl (C=O) groups is 2. The van der Waals surface area contributed by atoms with Gasteiger partial charge in [0.1, 0.15) is 0 Å². The van der Waals surface area contributed by atoms with E-state index < -0.39 is 0 Å². The Labute approximate surface area is 144 Å². The Morgan fingerprint density at radius 2 is 2.21 bits per heavy atom. The number of anilines is 1. The molecule has 128 valence electrons. The van der Waals surface area contributed by atoms with Crippen molar-refractivity contribution in [3.8, 4) is 0 Å². The van der Waals surface area contributed by atoms with E-state index in [9.17, 15) is 14.7 Å². The zero-order valence-electron chi connectivity index (χ0n) is 13.4. The molecule has 1 aliphatic carbocycles. The minimum Gasteiger partial charge on any atom is -0.459 e. The molecule has 1 saturated carbocycles. The lowest BCUT2D eigenvalue weighted by Gasteiger charge is -2.22. The highest BCUT2D eigenvalue weighted by Gasteiger charge is 2.28. The second-order valence-corrected chi connectivity index (χ2v) is 7.12. The minimum absolute atomic E-state index is 0.0994. The molecule has 0 saturated heterocycles. The Bertz CT molecular complexity index is 710. The van der Waals surface area contributed by atoms with Gasteiger partial charge < -0.3 is 19.7 Å². The van der Waals surface area contributed by atoms with Crippen molar-refractivity contribution in [2.45, 2.75) is 25.4 Å². The van der Waals surface area contributed by atoms with E-state index in [1.165, 1.54) is 17.6 Å². The van der Waals surface area contributed by atoms with E-state index >= 15 is 0 Å². The predicted molar refractivity (Wildman–Crippen MR) is 91.3 cm³/mol. The normalized spacial score (nSPS) is 20.1. The largest absolute Gasteiger partial charge is 0.459 e. The number of hydrogen-bond acceptors (Lipinski definition) is 5. The fraction of sp³-hybridized carbons (Fsp3) is 0.412. The third-order valence-electron chi connectivity index (χ3n) is 4.27. The average molecular weight is 348 g/mol. The molecule has 2 amide bonds. The zero-order chi connectivity index (χ0) is 17.1. The number of carbonyl (C=O) groups excluding carboxylic acids is 2. The number of hydrogen-bond donors (Lipinski definition) is 2. The standard InChI is InChI=1S/C17H20N2O4S/c1-19(10-11-4-2-5-12(11)20)17(22)14-7-8-15(24-14)18-16(21)13-6-3-9-23-13/h3,6-9,11-12,20H,2,4-5,10H2,1H3,(H,18,21). The zero-order valence-corrected chi connectivity index (χ0v) is 14.2. The Kier molecular flexibility index (Phi) is 5.01. The van der Waals surface area contributed by atoms with E-state index in [0.717, 1.165) is 19.3 Å². The highest BCUT2D eigenvalue weighted by molar-refractivity contribution is 7.18. The third kappa shape index (κ3) is 3.68. The Morgan fingerprint density at radius 3 is 2.88 bits per heavy atom. The smallest absolute Gasteiger partial charge is 0.291 e. The van der Waals surface area contributed by atoms with E-state index in [2.05, 4.69) is 5.32 Å². The maximum atomic E-state index is 12.5. The molecular weight excluding hydrogens is 328 g/mol. The first-order valence-electron chi connectivity index (χ1n) is 7.93. The van der Waals surface area contributed by atoms with E-state index in [4.69, 9.17) is 4.42 Å². The molecule has 0 bridgehead atoms. The number of rotatable bonds is 5. The van der Waals surface area contributed by atoms with Crippen LogP contribution in [-0.2, 0) is 0 Å². The number of aliphatic hydroxyl groups excluding tert-OH is 1.